The zero-order chi connectivity index (χ0) is 30.3. The summed E-state index contributed by atoms with van der Waals surface area (Å²) in [5.74, 6) is 0.740. The lowest BCUT2D eigenvalue weighted by Gasteiger charge is -2.34. The van der Waals surface area contributed by atoms with Crippen LogP contribution in [-0.4, -0.2) is 71.0 Å². The van der Waals surface area contributed by atoms with Gasteiger partial charge in [-0.3, -0.25) is 0 Å². The molecule has 0 spiro atoms. The van der Waals surface area contributed by atoms with Gasteiger partial charge in [0.15, 0.2) is 5.90 Å². The highest BCUT2D eigenvalue weighted by molar-refractivity contribution is 5.87. The van der Waals surface area contributed by atoms with Crippen molar-refractivity contribution in [3.05, 3.63) is 54.8 Å². The summed E-state index contributed by atoms with van der Waals surface area (Å²) in [6.45, 7) is 18.6. The first-order valence-electron chi connectivity index (χ1n) is 13.7. The fourth-order valence-electron chi connectivity index (χ4n) is 3.50. The molecule has 2 rings (SSSR count). The second kappa shape index (κ2) is 22.6. The van der Waals surface area contributed by atoms with Gasteiger partial charge in [-0.05, 0) is 61.6 Å². The van der Waals surface area contributed by atoms with Crippen molar-refractivity contribution in [3.63, 3.8) is 0 Å². The highest BCUT2D eigenvalue weighted by atomic mass is 16.5. The molecule has 0 aromatic heterocycles. The fraction of sp³-hybridized carbons (Fsp3) is 0.531. The predicted octanol–water partition coefficient (Wildman–Crippen LogP) is 6.56. The number of hydrogen-bond acceptors (Lipinski definition) is 8. The van der Waals surface area contributed by atoms with Gasteiger partial charge in [-0.15, -0.1) is 0 Å². The third-order valence-electron chi connectivity index (χ3n) is 5.81. The van der Waals surface area contributed by atoms with Crippen molar-refractivity contribution in [1.82, 2.24) is 0 Å². The lowest BCUT2D eigenvalue weighted by molar-refractivity contribution is 0.0150. The standard InChI is InChI=1S/C27H40N2O5.C3H4O.C2H6/c1-20(13-14-28-23(4)33-17-9-15-32-19-21(2)31-6)22(3)25-18-24(30)11-12-26(25)29(5)27-10-7-8-16-34-27;1-3-4-2;1-2/h11-14,18,21,27,30H,1,3,7-10,15-17,19H2,2,4-6H3;1H,2H3;1-2H3/b14-13-,28-23?;;/t21-,27?;;/m0../s1. The average Bonchev–Trinajstić information content (AvgIpc) is 2.99. The molecule has 1 aliphatic heterocycles. The second-order valence-corrected chi connectivity index (χ2v) is 8.75. The van der Waals surface area contributed by atoms with E-state index in [0.717, 1.165) is 43.5 Å². The van der Waals surface area contributed by atoms with Crippen molar-refractivity contribution in [2.75, 3.05) is 52.6 Å². The summed E-state index contributed by atoms with van der Waals surface area (Å²) in [6, 6.07) is 5.28. The van der Waals surface area contributed by atoms with E-state index in [9.17, 15) is 5.11 Å². The highest BCUT2D eigenvalue weighted by Gasteiger charge is 2.22. The molecule has 0 amide bonds. The summed E-state index contributed by atoms with van der Waals surface area (Å²) in [5, 5.41) is 10.1. The molecule has 1 saturated heterocycles. The van der Waals surface area contributed by atoms with Crippen molar-refractivity contribution in [2.24, 2.45) is 4.99 Å². The van der Waals surface area contributed by atoms with Gasteiger partial charge in [0.2, 0.25) is 0 Å². The number of aliphatic imine (C=N–C) groups is 1. The maximum atomic E-state index is 10.1. The smallest absolute Gasteiger partial charge is 0.184 e. The van der Waals surface area contributed by atoms with Crippen LogP contribution in [-0.2, 0) is 23.7 Å². The number of methoxy groups -OCH3 is 2. The van der Waals surface area contributed by atoms with Gasteiger partial charge in [-0.25, -0.2) is 4.99 Å². The maximum absolute atomic E-state index is 10.1. The van der Waals surface area contributed by atoms with Crippen LogP contribution >= 0.6 is 0 Å². The molecule has 1 aromatic rings. The summed E-state index contributed by atoms with van der Waals surface area (Å²) in [5.41, 5.74) is 3.16. The molecule has 1 aromatic carbocycles. The van der Waals surface area contributed by atoms with Gasteiger partial charge in [0.25, 0.3) is 0 Å². The largest absolute Gasteiger partial charge is 0.508 e. The van der Waals surface area contributed by atoms with E-state index in [1.165, 1.54) is 7.11 Å². The van der Waals surface area contributed by atoms with Crippen LogP contribution in [0.3, 0.4) is 0 Å². The molecule has 0 aliphatic carbocycles. The molecule has 1 aliphatic rings. The molecule has 1 heterocycles. The van der Waals surface area contributed by atoms with Crippen LogP contribution in [0.4, 0.5) is 5.69 Å². The van der Waals surface area contributed by atoms with E-state index >= 15 is 0 Å². The van der Waals surface area contributed by atoms with Crippen LogP contribution in [0.25, 0.3) is 5.57 Å². The Morgan fingerprint density at radius 3 is 2.58 bits per heavy atom. The van der Waals surface area contributed by atoms with Crippen LogP contribution in [0.1, 0.15) is 58.9 Å². The minimum Gasteiger partial charge on any atom is -0.508 e. The number of anilines is 1. The number of phenolic OH excluding ortho intramolecular Hbond substituents is 1. The lowest BCUT2D eigenvalue weighted by Crippen LogP contribution is -2.37. The monoisotopic (exact) mass is 558 g/mol. The third-order valence-corrected chi connectivity index (χ3v) is 5.81. The van der Waals surface area contributed by atoms with Crippen LogP contribution in [0.15, 0.2) is 54.2 Å². The Morgan fingerprint density at radius 1 is 1.27 bits per heavy atom. The van der Waals surface area contributed by atoms with Gasteiger partial charge in [-0.2, -0.15) is 0 Å². The minimum atomic E-state index is 0.00632. The Kier molecular flexibility index (Phi) is 20.7. The Labute approximate surface area is 242 Å². The molecule has 0 radical (unpaired) electrons. The van der Waals surface area contributed by atoms with E-state index in [1.807, 2.05) is 46.9 Å². The molecular formula is C32H50N2O6. The zero-order valence-corrected chi connectivity index (χ0v) is 25.6. The first-order valence-corrected chi connectivity index (χ1v) is 13.7. The Hall–Kier alpha value is -3.25. The van der Waals surface area contributed by atoms with E-state index in [0.29, 0.717) is 36.9 Å². The summed E-state index contributed by atoms with van der Waals surface area (Å²) >= 11 is 0. The normalized spacial score (nSPS) is 15.4. The van der Waals surface area contributed by atoms with Crippen molar-refractivity contribution in [3.8, 4) is 18.3 Å². The number of ether oxygens (including phenoxy) is 5. The van der Waals surface area contributed by atoms with Crippen molar-refractivity contribution in [2.45, 2.75) is 65.7 Å². The predicted molar refractivity (Wildman–Crippen MR) is 166 cm³/mol. The molecule has 0 saturated carbocycles. The number of phenols is 1. The van der Waals surface area contributed by atoms with Gasteiger partial charge in [0, 0.05) is 58.2 Å². The van der Waals surface area contributed by atoms with Gasteiger partial charge in [-0.1, -0.05) is 33.4 Å². The molecule has 1 unspecified atom stereocenters. The molecule has 40 heavy (non-hydrogen) atoms. The number of benzene rings is 1. The molecule has 8 heteroatoms. The van der Waals surface area contributed by atoms with E-state index in [4.69, 9.17) is 18.9 Å². The molecule has 224 valence electrons. The Balaban J connectivity index is 0.00000232. The van der Waals surface area contributed by atoms with Gasteiger partial charge < -0.3 is 33.7 Å². The van der Waals surface area contributed by atoms with E-state index < -0.39 is 0 Å². The summed E-state index contributed by atoms with van der Waals surface area (Å²) in [6.07, 6.45) is 14.0. The van der Waals surface area contributed by atoms with Crippen molar-refractivity contribution in [1.29, 1.82) is 0 Å². The number of terminal acetylenes is 1. The molecule has 1 fully saturated rings. The SMILES string of the molecule is C#COC.C=C(/C=C\N=C(C)OCCCOC[C@H](C)OC)C(=C)c1cc(O)ccc1N(C)C1CCCCO1.CC. The average molecular weight is 559 g/mol. The number of hydrogen-bond donors (Lipinski definition) is 1. The molecule has 0 bridgehead atoms. The molecular weight excluding hydrogens is 508 g/mol. The minimum absolute atomic E-state index is 0.00632. The molecule has 8 nitrogen and oxygen atoms in total. The van der Waals surface area contributed by atoms with E-state index in [1.54, 1.807) is 31.5 Å². The quantitative estimate of drug-likeness (QED) is 0.0965. The fourth-order valence-corrected chi connectivity index (χ4v) is 3.50. The van der Waals surface area contributed by atoms with Crippen LogP contribution in [0, 0.1) is 12.5 Å². The van der Waals surface area contributed by atoms with Crippen molar-refractivity contribution >= 4 is 17.2 Å². The summed E-state index contributed by atoms with van der Waals surface area (Å²) < 4.78 is 26.3. The zero-order valence-electron chi connectivity index (χ0n) is 25.6. The molecule has 1 N–H and O–H groups in total. The molecule has 2 atom stereocenters. The van der Waals surface area contributed by atoms with Crippen LogP contribution in [0.5, 0.6) is 5.75 Å². The van der Waals surface area contributed by atoms with E-state index in [2.05, 4.69) is 34.2 Å². The number of rotatable bonds is 13. The third kappa shape index (κ3) is 14.8. The van der Waals surface area contributed by atoms with Gasteiger partial charge in [0.1, 0.15) is 18.1 Å². The van der Waals surface area contributed by atoms with Crippen LogP contribution < -0.4 is 4.90 Å². The second-order valence-electron chi connectivity index (χ2n) is 8.75. The lowest BCUT2D eigenvalue weighted by atomic mass is 9.97. The number of aromatic hydroxyl groups is 1. The first kappa shape index (κ1) is 36.8. The first-order chi connectivity index (χ1) is 19.2. The van der Waals surface area contributed by atoms with Crippen LogP contribution in [0.2, 0.25) is 0 Å². The maximum Gasteiger partial charge on any atom is 0.184 e. The van der Waals surface area contributed by atoms with Crippen molar-refractivity contribution < 1.29 is 28.8 Å². The number of nitrogens with zero attached hydrogens (tertiary/aromatic N) is 2. The Morgan fingerprint density at radius 2 is 1.98 bits per heavy atom. The Bertz CT molecular complexity index is 961. The number of allylic oxidation sites excluding steroid dienone is 3. The highest BCUT2D eigenvalue weighted by Crippen LogP contribution is 2.35. The topological polar surface area (TPSA) is 82.0 Å². The van der Waals surface area contributed by atoms with E-state index in [-0.39, 0.29) is 18.1 Å². The van der Waals surface area contributed by atoms with Gasteiger partial charge >= 0.3 is 0 Å². The summed E-state index contributed by atoms with van der Waals surface area (Å²) in [4.78, 5) is 6.42. The van der Waals surface area contributed by atoms with Gasteiger partial charge in [0.05, 0.1) is 26.4 Å². The summed E-state index contributed by atoms with van der Waals surface area (Å²) in [7, 11) is 5.12.